The van der Waals surface area contributed by atoms with Crippen molar-refractivity contribution >= 4 is 11.7 Å². The van der Waals surface area contributed by atoms with Gasteiger partial charge in [0, 0.05) is 12.1 Å². The van der Waals surface area contributed by atoms with E-state index in [1.54, 1.807) is 0 Å². The van der Waals surface area contributed by atoms with E-state index < -0.39 is 0 Å². The van der Waals surface area contributed by atoms with Crippen molar-refractivity contribution in [3.63, 3.8) is 0 Å². The van der Waals surface area contributed by atoms with Gasteiger partial charge in [-0.2, -0.15) is 0 Å². The molecular formula is C12H25N3O. The molecule has 0 radical (unpaired) electrons. The van der Waals surface area contributed by atoms with Crippen LogP contribution in [0.15, 0.2) is 10.1 Å². The maximum absolute atomic E-state index is 5.30. The molecule has 0 spiro atoms. The minimum absolute atomic E-state index is 0.197. The number of amidine groups is 1. The molecule has 4 nitrogen and oxygen atoms in total. The Morgan fingerprint density at radius 1 is 1.25 bits per heavy atom. The molecule has 0 aliphatic carbocycles. The minimum atomic E-state index is 0.197. The molecule has 0 rings (SSSR count). The standard InChI is InChI=1S/C12H25N3O/c1-7-8-11(6)15-16-12(13-9(2)3)14-10(4)5/h9-10H,7-8H2,1-6H3,(H,13,14). The van der Waals surface area contributed by atoms with Gasteiger partial charge in [0.1, 0.15) is 0 Å². The summed E-state index contributed by atoms with van der Waals surface area (Å²) in [5.74, 6) is 0. The maximum atomic E-state index is 5.30. The van der Waals surface area contributed by atoms with Crippen LogP contribution in [0, 0.1) is 0 Å². The number of nitrogens with one attached hydrogen (secondary N) is 1. The second kappa shape index (κ2) is 8.13. The van der Waals surface area contributed by atoms with Gasteiger partial charge >= 0.3 is 6.02 Å². The van der Waals surface area contributed by atoms with E-state index >= 15 is 0 Å². The van der Waals surface area contributed by atoms with Crippen LogP contribution in [0.1, 0.15) is 54.4 Å². The summed E-state index contributed by atoms with van der Waals surface area (Å²) in [4.78, 5) is 9.63. The predicted molar refractivity (Wildman–Crippen MR) is 69.9 cm³/mol. The molecular weight excluding hydrogens is 202 g/mol. The highest BCUT2D eigenvalue weighted by molar-refractivity contribution is 5.82. The highest BCUT2D eigenvalue weighted by Gasteiger charge is 2.04. The van der Waals surface area contributed by atoms with Gasteiger partial charge < -0.3 is 10.2 Å². The fourth-order valence-corrected chi connectivity index (χ4v) is 1.10. The highest BCUT2D eigenvalue weighted by atomic mass is 16.6. The molecule has 0 saturated heterocycles. The fourth-order valence-electron chi connectivity index (χ4n) is 1.10. The molecule has 0 atom stereocenters. The molecule has 0 aliphatic rings. The second-order valence-electron chi connectivity index (χ2n) is 4.49. The first-order chi connectivity index (χ1) is 7.45. The minimum Gasteiger partial charge on any atom is -0.336 e. The van der Waals surface area contributed by atoms with Gasteiger partial charge in [-0.15, -0.1) is 0 Å². The average molecular weight is 227 g/mol. The maximum Gasteiger partial charge on any atom is 0.315 e. The molecule has 0 amide bonds. The van der Waals surface area contributed by atoms with Crippen LogP contribution in [0.2, 0.25) is 0 Å². The molecule has 94 valence electrons. The normalized spacial score (nSPS) is 13.5. The fraction of sp³-hybridized carbons (Fsp3) is 0.833. The Morgan fingerprint density at radius 3 is 2.31 bits per heavy atom. The summed E-state index contributed by atoms with van der Waals surface area (Å²) >= 11 is 0. The van der Waals surface area contributed by atoms with Gasteiger partial charge in [-0.05, 0) is 41.0 Å². The van der Waals surface area contributed by atoms with Crippen molar-refractivity contribution in [3.8, 4) is 0 Å². The Bertz CT molecular complexity index is 245. The third-order valence-electron chi connectivity index (χ3n) is 1.69. The summed E-state index contributed by atoms with van der Waals surface area (Å²) in [6.07, 6.45) is 2.03. The predicted octanol–water partition coefficient (Wildman–Crippen LogP) is 2.94. The molecule has 1 N–H and O–H groups in total. The largest absolute Gasteiger partial charge is 0.336 e. The second-order valence-corrected chi connectivity index (χ2v) is 4.49. The highest BCUT2D eigenvalue weighted by Crippen LogP contribution is 1.95. The molecule has 0 saturated carbocycles. The zero-order valence-electron chi connectivity index (χ0n) is 11.4. The summed E-state index contributed by atoms with van der Waals surface area (Å²) in [5, 5.41) is 7.17. The van der Waals surface area contributed by atoms with Crippen molar-refractivity contribution in [2.75, 3.05) is 0 Å². The molecule has 0 aliphatic heterocycles. The Labute approximate surface area is 99.2 Å². The van der Waals surface area contributed by atoms with E-state index in [-0.39, 0.29) is 6.04 Å². The molecule has 0 aromatic heterocycles. The van der Waals surface area contributed by atoms with Gasteiger partial charge in [0.2, 0.25) is 0 Å². The van der Waals surface area contributed by atoms with Gasteiger partial charge in [-0.1, -0.05) is 18.5 Å². The Morgan fingerprint density at radius 2 is 1.88 bits per heavy atom. The molecule has 4 heteroatoms. The van der Waals surface area contributed by atoms with Crippen LogP contribution in [0.4, 0.5) is 0 Å². The van der Waals surface area contributed by atoms with Gasteiger partial charge in [0.25, 0.3) is 0 Å². The first kappa shape index (κ1) is 14.9. The van der Waals surface area contributed by atoms with Crippen LogP contribution in [-0.4, -0.2) is 23.8 Å². The van der Waals surface area contributed by atoms with E-state index in [1.807, 2.05) is 34.6 Å². The first-order valence-electron chi connectivity index (χ1n) is 6.00. The van der Waals surface area contributed by atoms with Crippen molar-refractivity contribution in [1.29, 1.82) is 0 Å². The molecule has 0 aromatic rings. The molecule has 0 fully saturated rings. The topological polar surface area (TPSA) is 46.0 Å². The number of oxime groups is 1. The number of aliphatic imine (C=N–C) groups is 1. The lowest BCUT2D eigenvalue weighted by molar-refractivity contribution is 0.301. The Kier molecular flexibility index (Phi) is 7.60. The van der Waals surface area contributed by atoms with Crippen LogP contribution in [-0.2, 0) is 4.84 Å². The summed E-state index contributed by atoms with van der Waals surface area (Å²) in [6, 6.07) is 0.988. The third-order valence-corrected chi connectivity index (χ3v) is 1.69. The van der Waals surface area contributed by atoms with Gasteiger partial charge in [0.15, 0.2) is 0 Å². The van der Waals surface area contributed by atoms with Crippen molar-refractivity contribution in [2.24, 2.45) is 10.1 Å². The van der Waals surface area contributed by atoms with Crippen LogP contribution < -0.4 is 5.32 Å². The lowest BCUT2D eigenvalue weighted by atomic mass is 10.2. The smallest absolute Gasteiger partial charge is 0.315 e. The van der Waals surface area contributed by atoms with E-state index in [9.17, 15) is 0 Å². The summed E-state index contributed by atoms with van der Waals surface area (Å²) in [5.41, 5.74) is 0.990. The lowest BCUT2D eigenvalue weighted by Crippen LogP contribution is -2.32. The van der Waals surface area contributed by atoms with E-state index in [2.05, 4.69) is 22.4 Å². The third kappa shape index (κ3) is 8.26. The lowest BCUT2D eigenvalue weighted by Gasteiger charge is -2.11. The quantitative estimate of drug-likeness (QED) is 0.446. The Hall–Kier alpha value is -1.06. The number of nitrogens with zero attached hydrogens (tertiary/aromatic N) is 2. The van der Waals surface area contributed by atoms with Crippen LogP contribution in [0.3, 0.4) is 0 Å². The van der Waals surface area contributed by atoms with Crippen LogP contribution >= 0.6 is 0 Å². The zero-order valence-corrected chi connectivity index (χ0v) is 11.4. The van der Waals surface area contributed by atoms with E-state index in [0.29, 0.717) is 12.1 Å². The van der Waals surface area contributed by atoms with E-state index in [1.165, 1.54) is 0 Å². The van der Waals surface area contributed by atoms with E-state index in [0.717, 1.165) is 18.6 Å². The van der Waals surface area contributed by atoms with Crippen molar-refractivity contribution in [3.05, 3.63) is 0 Å². The first-order valence-corrected chi connectivity index (χ1v) is 6.00. The van der Waals surface area contributed by atoms with Gasteiger partial charge in [0.05, 0.1) is 5.71 Å². The monoisotopic (exact) mass is 227 g/mol. The average Bonchev–Trinajstić information content (AvgIpc) is 2.13. The molecule has 0 aromatic carbocycles. The molecule has 0 heterocycles. The van der Waals surface area contributed by atoms with Crippen LogP contribution in [0.25, 0.3) is 0 Å². The molecule has 0 unspecified atom stereocenters. The number of rotatable bonds is 5. The molecule has 16 heavy (non-hydrogen) atoms. The Balaban J connectivity index is 4.38. The van der Waals surface area contributed by atoms with Crippen molar-refractivity contribution in [1.82, 2.24) is 5.32 Å². The van der Waals surface area contributed by atoms with Gasteiger partial charge in [-0.3, -0.25) is 0 Å². The number of hydrogen-bond donors (Lipinski definition) is 1. The van der Waals surface area contributed by atoms with Crippen molar-refractivity contribution in [2.45, 2.75) is 66.5 Å². The zero-order chi connectivity index (χ0) is 12.6. The number of hydrogen-bond acceptors (Lipinski definition) is 3. The summed E-state index contributed by atoms with van der Waals surface area (Å²) in [7, 11) is 0. The van der Waals surface area contributed by atoms with Gasteiger partial charge in [-0.25, -0.2) is 4.99 Å². The molecule has 0 bridgehead atoms. The summed E-state index contributed by atoms with van der Waals surface area (Å²) < 4.78 is 0. The SMILES string of the molecule is CCCC(C)=NOC(=NC(C)C)NC(C)C. The summed E-state index contributed by atoms with van der Waals surface area (Å²) in [6.45, 7) is 12.2. The van der Waals surface area contributed by atoms with Crippen molar-refractivity contribution < 1.29 is 4.84 Å². The van der Waals surface area contributed by atoms with Crippen LogP contribution in [0.5, 0.6) is 0 Å². The van der Waals surface area contributed by atoms with E-state index in [4.69, 9.17) is 4.84 Å².